The van der Waals surface area contributed by atoms with Crippen LogP contribution in [-0.2, 0) is 6.54 Å². The number of nitrogens with two attached hydrogens (primary N) is 1. The van der Waals surface area contributed by atoms with Crippen molar-refractivity contribution >= 4 is 6.29 Å². The number of aldehydes is 1. The molecule has 0 atom stereocenters. The molecular formula is C8H7F3N2O. The SMILES string of the molecule is NCc1cc(C(F)F)c(F)c(C=O)n1. The van der Waals surface area contributed by atoms with Crippen LogP contribution in [0.2, 0.25) is 0 Å². The molecule has 0 aromatic carbocycles. The molecule has 0 aliphatic heterocycles. The number of halogens is 3. The summed E-state index contributed by atoms with van der Waals surface area (Å²) in [6.45, 7) is -0.124. The standard InChI is InChI=1S/C8H7F3N2O/c9-7-5(8(10)11)1-4(2-12)13-6(7)3-14/h1,3,8H,2,12H2. The predicted molar refractivity (Wildman–Crippen MR) is 42.4 cm³/mol. The van der Waals surface area contributed by atoms with E-state index in [1.165, 1.54) is 0 Å². The molecule has 1 heterocycles. The van der Waals surface area contributed by atoms with E-state index in [2.05, 4.69) is 4.98 Å². The van der Waals surface area contributed by atoms with Gasteiger partial charge in [0, 0.05) is 6.54 Å². The summed E-state index contributed by atoms with van der Waals surface area (Å²) in [6, 6.07) is 0.854. The molecule has 0 fully saturated rings. The Morgan fingerprint density at radius 1 is 1.57 bits per heavy atom. The zero-order valence-corrected chi connectivity index (χ0v) is 7.01. The zero-order valence-electron chi connectivity index (χ0n) is 7.01. The fourth-order valence-electron chi connectivity index (χ4n) is 0.968. The first kappa shape index (κ1) is 10.6. The summed E-state index contributed by atoms with van der Waals surface area (Å²) in [5.41, 5.74) is 3.73. The van der Waals surface area contributed by atoms with Crippen LogP contribution in [0.1, 0.15) is 28.2 Å². The zero-order chi connectivity index (χ0) is 10.7. The fraction of sp³-hybridized carbons (Fsp3) is 0.250. The molecule has 1 aromatic rings. The van der Waals surface area contributed by atoms with Crippen molar-refractivity contribution in [3.05, 3.63) is 28.8 Å². The van der Waals surface area contributed by atoms with Gasteiger partial charge in [0.15, 0.2) is 12.1 Å². The van der Waals surface area contributed by atoms with Crippen LogP contribution in [0.4, 0.5) is 13.2 Å². The largest absolute Gasteiger partial charge is 0.325 e. The van der Waals surface area contributed by atoms with Crippen molar-refractivity contribution < 1.29 is 18.0 Å². The topological polar surface area (TPSA) is 56.0 Å². The van der Waals surface area contributed by atoms with Crippen LogP contribution in [-0.4, -0.2) is 11.3 Å². The minimum atomic E-state index is -2.98. The van der Waals surface area contributed by atoms with Crippen molar-refractivity contribution in [3.8, 4) is 0 Å². The van der Waals surface area contributed by atoms with E-state index in [0.717, 1.165) is 6.07 Å². The van der Waals surface area contributed by atoms with Gasteiger partial charge >= 0.3 is 0 Å². The number of carbonyl (C=O) groups is 1. The van der Waals surface area contributed by atoms with Crippen molar-refractivity contribution in [3.63, 3.8) is 0 Å². The number of aromatic nitrogens is 1. The van der Waals surface area contributed by atoms with E-state index in [1.54, 1.807) is 0 Å². The summed E-state index contributed by atoms with van der Waals surface area (Å²) in [5.74, 6) is -1.29. The number of alkyl halides is 2. The van der Waals surface area contributed by atoms with E-state index in [-0.39, 0.29) is 18.5 Å². The molecule has 2 N–H and O–H groups in total. The number of hydrogen-bond acceptors (Lipinski definition) is 3. The molecule has 0 bridgehead atoms. The van der Waals surface area contributed by atoms with Crippen LogP contribution in [0.5, 0.6) is 0 Å². The molecule has 0 spiro atoms. The first-order valence-corrected chi connectivity index (χ1v) is 3.72. The van der Waals surface area contributed by atoms with Crippen molar-refractivity contribution in [2.75, 3.05) is 0 Å². The smallest absolute Gasteiger partial charge is 0.266 e. The third-order valence-corrected chi connectivity index (χ3v) is 1.62. The van der Waals surface area contributed by atoms with E-state index in [0.29, 0.717) is 0 Å². The molecule has 1 rings (SSSR count). The number of carbonyl (C=O) groups excluding carboxylic acids is 1. The Morgan fingerprint density at radius 3 is 2.64 bits per heavy atom. The van der Waals surface area contributed by atoms with Gasteiger partial charge in [0.25, 0.3) is 6.43 Å². The third kappa shape index (κ3) is 1.90. The second-order valence-corrected chi connectivity index (χ2v) is 2.52. The lowest BCUT2D eigenvalue weighted by atomic mass is 10.2. The number of nitrogens with zero attached hydrogens (tertiary/aromatic N) is 1. The van der Waals surface area contributed by atoms with E-state index in [1.807, 2.05) is 0 Å². The van der Waals surface area contributed by atoms with Crippen molar-refractivity contribution in [1.82, 2.24) is 4.98 Å². The average molecular weight is 204 g/mol. The van der Waals surface area contributed by atoms with E-state index >= 15 is 0 Å². The van der Waals surface area contributed by atoms with Crippen molar-refractivity contribution in [2.24, 2.45) is 5.73 Å². The number of pyridine rings is 1. The molecule has 0 aliphatic rings. The molecule has 0 saturated heterocycles. The molecule has 3 nitrogen and oxygen atoms in total. The maximum Gasteiger partial charge on any atom is 0.266 e. The molecular weight excluding hydrogens is 197 g/mol. The van der Waals surface area contributed by atoms with Gasteiger partial charge in [-0.15, -0.1) is 0 Å². The lowest BCUT2D eigenvalue weighted by Crippen LogP contribution is -2.07. The minimum absolute atomic E-state index is 0.0591. The van der Waals surface area contributed by atoms with Crippen LogP contribution < -0.4 is 5.73 Å². The predicted octanol–water partition coefficient (Wildman–Crippen LogP) is 1.43. The second kappa shape index (κ2) is 4.19. The molecule has 0 saturated carbocycles. The Balaban J connectivity index is 3.34. The van der Waals surface area contributed by atoms with Gasteiger partial charge in [-0.25, -0.2) is 18.2 Å². The van der Waals surface area contributed by atoms with Gasteiger partial charge in [-0.3, -0.25) is 4.79 Å². The summed E-state index contributed by atoms with van der Waals surface area (Å²) in [7, 11) is 0. The fourth-order valence-corrected chi connectivity index (χ4v) is 0.968. The Kier molecular flexibility index (Phi) is 3.19. The first-order chi connectivity index (χ1) is 6.60. The molecule has 0 amide bonds. The minimum Gasteiger partial charge on any atom is -0.325 e. The van der Waals surface area contributed by atoms with E-state index in [4.69, 9.17) is 5.73 Å². The first-order valence-electron chi connectivity index (χ1n) is 3.72. The highest BCUT2D eigenvalue weighted by Crippen LogP contribution is 2.23. The Bertz CT molecular complexity index is 355. The summed E-state index contributed by atoms with van der Waals surface area (Å²) in [5, 5.41) is 0. The lowest BCUT2D eigenvalue weighted by Gasteiger charge is -2.05. The molecule has 76 valence electrons. The number of rotatable bonds is 3. The van der Waals surface area contributed by atoms with Gasteiger partial charge in [0.05, 0.1) is 11.3 Å². The van der Waals surface area contributed by atoms with Gasteiger partial charge in [-0.1, -0.05) is 0 Å². The second-order valence-electron chi connectivity index (χ2n) is 2.52. The molecule has 14 heavy (non-hydrogen) atoms. The molecule has 1 aromatic heterocycles. The van der Waals surface area contributed by atoms with Crippen molar-refractivity contribution in [2.45, 2.75) is 13.0 Å². The van der Waals surface area contributed by atoms with E-state index < -0.39 is 23.5 Å². The third-order valence-electron chi connectivity index (χ3n) is 1.62. The highest BCUT2D eigenvalue weighted by molar-refractivity contribution is 5.72. The van der Waals surface area contributed by atoms with Crippen LogP contribution in [0.15, 0.2) is 6.07 Å². The molecule has 0 unspecified atom stereocenters. The summed E-state index contributed by atoms with van der Waals surface area (Å²) in [6.07, 6.45) is -2.90. The average Bonchev–Trinajstić information content (AvgIpc) is 2.17. The van der Waals surface area contributed by atoms with Gasteiger partial charge < -0.3 is 5.73 Å². The van der Waals surface area contributed by atoms with Crippen LogP contribution >= 0.6 is 0 Å². The van der Waals surface area contributed by atoms with E-state index in [9.17, 15) is 18.0 Å². The summed E-state index contributed by atoms with van der Waals surface area (Å²) in [4.78, 5) is 13.7. The Labute approximate surface area is 77.7 Å². The molecule has 6 heteroatoms. The maximum absolute atomic E-state index is 13.0. The summed E-state index contributed by atoms with van der Waals surface area (Å²) >= 11 is 0. The number of hydrogen-bond donors (Lipinski definition) is 1. The quantitative estimate of drug-likeness (QED) is 0.757. The van der Waals surface area contributed by atoms with Crippen molar-refractivity contribution in [1.29, 1.82) is 0 Å². The van der Waals surface area contributed by atoms with Crippen LogP contribution in [0.3, 0.4) is 0 Å². The highest BCUT2D eigenvalue weighted by atomic mass is 19.3. The lowest BCUT2D eigenvalue weighted by molar-refractivity contribution is 0.111. The van der Waals surface area contributed by atoms with Gasteiger partial charge in [-0.2, -0.15) is 0 Å². The van der Waals surface area contributed by atoms with Crippen LogP contribution in [0, 0.1) is 5.82 Å². The van der Waals surface area contributed by atoms with Gasteiger partial charge in [-0.05, 0) is 6.07 Å². The maximum atomic E-state index is 13.0. The van der Waals surface area contributed by atoms with Gasteiger partial charge in [0.2, 0.25) is 0 Å². The monoisotopic (exact) mass is 204 g/mol. The molecule has 0 radical (unpaired) electrons. The normalized spacial score (nSPS) is 10.6. The highest BCUT2D eigenvalue weighted by Gasteiger charge is 2.18. The van der Waals surface area contributed by atoms with Crippen LogP contribution in [0.25, 0.3) is 0 Å². The Hall–Kier alpha value is -1.43. The molecule has 0 aliphatic carbocycles. The summed E-state index contributed by atoms with van der Waals surface area (Å²) < 4.78 is 37.5. The van der Waals surface area contributed by atoms with Gasteiger partial charge in [0.1, 0.15) is 5.69 Å². The Morgan fingerprint density at radius 2 is 2.21 bits per heavy atom.